The zero-order valence-electron chi connectivity index (χ0n) is 9.82. The van der Waals surface area contributed by atoms with Gasteiger partial charge >= 0.3 is 0 Å². The number of nitrogens with zero attached hydrogens (tertiary/aromatic N) is 1. The summed E-state index contributed by atoms with van der Waals surface area (Å²) in [6, 6.07) is 1.61. The Kier molecular flexibility index (Phi) is 4.49. The summed E-state index contributed by atoms with van der Waals surface area (Å²) in [7, 11) is 0. The highest BCUT2D eigenvalue weighted by molar-refractivity contribution is 5.89. The van der Waals surface area contributed by atoms with E-state index in [1.807, 2.05) is 0 Å². The van der Waals surface area contributed by atoms with Gasteiger partial charge in [-0.2, -0.15) is 0 Å². The van der Waals surface area contributed by atoms with Crippen molar-refractivity contribution in [1.29, 1.82) is 0 Å². The molecule has 0 atom stereocenters. The zero-order chi connectivity index (χ0) is 12.0. The van der Waals surface area contributed by atoms with Gasteiger partial charge in [-0.3, -0.25) is 4.79 Å². The summed E-state index contributed by atoms with van der Waals surface area (Å²) >= 11 is 0. The van der Waals surface area contributed by atoms with Crippen LogP contribution in [0, 0.1) is 5.41 Å². The molecule has 1 aromatic rings. The van der Waals surface area contributed by atoms with Gasteiger partial charge < -0.3 is 15.6 Å². The predicted molar refractivity (Wildman–Crippen MR) is 61.8 cm³/mol. The zero-order valence-corrected chi connectivity index (χ0v) is 9.82. The molecule has 1 aromatic heterocycles. The van der Waals surface area contributed by atoms with Crippen molar-refractivity contribution in [2.24, 2.45) is 11.1 Å². The van der Waals surface area contributed by atoms with Crippen molar-refractivity contribution in [1.82, 2.24) is 5.16 Å². The van der Waals surface area contributed by atoms with Crippen LogP contribution in [0.1, 0.15) is 33.1 Å². The fourth-order valence-corrected chi connectivity index (χ4v) is 1.45. The SMILES string of the molecule is CC(C)(CCN)CCC(=O)Nc1ccon1. The molecule has 90 valence electrons. The van der Waals surface area contributed by atoms with Gasteiger partial charge in [0, 0.05) is 12.5 Å². The molecule has 3 N–H and O–H groups in total. The van der Waals surface area contributed by atoms with Crippen LogP contribution in [-0.2, 0) is 4.79 Å². The highest BCUT2D eigenvalue weighted by Crippen LogP contribution is 2.25. The third kappa shape index (κ3) is 4.44. The smallest absolute Gasteiger partial charge is 0.225 e. The van der Waals surface area contributed by atoms with Crippen LogP contribution in [-0.4, -0.2) is 17.6 Å². The van der Waals surface area contributed by atoms with Crippen molar-refractivity contribution < 1.29 is 9.32 Å². The number of carbonyl (C=O) groups excluding carboxylic acids is 1. The van der Waals surface area contributed by atoms with Crippen LogP contribution in [0.3, 0.4) is 0 Å². The normalized spacial score (nSPS) is 11.4. The molecule has 16 heavy (non-hydrogen) atoms. The molecule has 0 aliphatic rings. The minimum atomic E-state index is -0.0426. The van der Waals surface area contributed by atoms with Crippen LogP contribution in [0.2, 0.25) is 0 Å². The number of hydrogen-bond acceptors (Lipinski definition) is 4. The molecule has 0 saturated carbocycles. The number of amides is 1. The second-order valence-corrected chi connectivity index (χ2v) is 4.64. The summed E-state index contributed by atoms with van der Waals surface area (Å²) < 4.78 is 4.62. The summed E-state index contributed by atoms with van der Waals surface area (Å²) in [5.74, 6) is 0.417. The summed E-state index contributed by atoms with van der Waals surface area (Å²) in [6.07, 6.45) is 3.63. The Balaban J connectivity index is 2.30. The van der Waals surface area contributed by atoms with Crippen molar-refractivity contribution in [3.63, 3.8) is 0 Å². The molecule has 0 bridgehead atoms. The molecule has 5 nitrogen and oxygen atoms in total. The quantitative estimate of drug-likeness (QED) is 0.773. The van der Waals surface area contributed by atoms with E-state index in [-0.39, 0.29) is 11.3 Å². The van der Waals surface area contributed by atoms with E-state index in [0.29, 0.717) is 18.8 Å². The summed E-state index contributed by atoms with van der Waals surface area (Å²) in [4.78, 5) is 11.5. The Hall–Kier alpha value is -1.36. The Morgan fingerprint density at radius 1 is 1.56 bits per heavy atom. The van der Waals surface area contributed by atoms with E-state index >= 15 is 0 Å². The molecule has 0 aromatic carbocycles. The van der Waals surface area contributed by atoms with Gasteiger partial charge in [-0.1, -0.05) is 19.0 Å². The molecule has 1 amide bonds. The Morgan fingerprint density at radius 2 is 2.31 bits per heavy atom. The van der Waals surface area contributed by atoms with E-state index < -0.39 is 0 Å². The first-order valence-corrected chi connectivity index (χ1v) is 5.44. The Morgan fingerprint density at radius 3 is 2.88 bits per heavy atom. The molecule has 0 aliphatic carbocycles. The highest BCUT2D eigenvalue weighted by atomic mass is 16.5. The van der Waals surface area contributed by atoms with Gasteiger partial charge in [-0.25, -0.2) is 0 Å². The van der Waals surface area contributed by atoms with Crippen LogP contribution in [0.25, 0.3) is 0 Å². The van der Waals surface area contributed by atoms with Crippen LogP contribution in [0.15, 0.2) is 16.9 Å². The lowest BCUT2D eigenvalue weighted by atomic mass is 9.84. The van der Waals surface area contributed by atoms with Gasteiger partial charge in [0.1, 0.15) is 6.26 Å². The van der Waals surface area contributed by atoms with Crippen LogP contribution >= 0.6 is 0 Å². The fraction of sp³-hybridized carbons (Fsp3) is 0.636. The largest absolute Gasteiger partial charge is 0.363 e. The molecule has 0 fully saturated rings. The molecule has 5 heteroatoms. The van der Waals surface area contributed by atoms with Crippen LogP contribution in [0.4, 0.5) is 5.82 Å². The number of nitrogens with two attached hydrogens (primary N) is 1. The maximum absolute atomic E-state index is 11.5. The van der Waals surface area contributed by atoms with Gasteiger partial charge in [0.2, 0.25) is 5.91 Å². The second kappa shape index (κ2) is 5.65. The Bertz CT molecular complexity index is 320. The van der Waals surface area contributed by atoms with Crippen molar-refractivity contribution in [2.75, 3.05) is 11.9 Å². The fourth-order valence-electron chi connectivity index (χ4n) is 1.45. The predicted octanol–water partition coefficient (Wildman–Crippen LogP) is 1.77. The molecule has 0 radical (unpaired) electrons. The van der Waals surface area contributed by atoms with Gasteiger partial charge in [0.15, 0.2) is 5.82 Å². The molecule has 0 unspecified atom stereocenters. The van der Waals surface area contributed by atoms with E-state index in [2.05, 4.69) is 28.8 Å². The van der Waals surface area contributed by atoms with Gasteiger partial charge in [0.05, 0.1) is 0 Å². The van der Waals surface area contributed by atoms with Gasteiger partial charge in [-0.05, 0) is 24.8 Å². The lowest BCUT2D eigenvalue weighted by molar-refractivity contribution is -0.116. The number of anilines is 1. The first-order valence-electron chi connectivity index (χ1n) is 5.44. The Labute approximate surface area is 95.4 Å². The molecule has 0 spiro atoms. The molecule has 1 rings (SSSR count). The summed E-state index contributed by atoms with van der Waals surface area (Å²) in [5, 5.41) is 6.27. The minimum Gasteiger partial charge on any atom is -0.363 e. The molecule has 0 saturated heterocycles. The first-order chi connectivity index (χ1) is 7.53. The lowest BCUT2D eigenvalue weighted by Crippen LogP contribution is -2.20. The maximum Gasteiger partial charge on any atom is 0.225 e. The monoisotopic (exact) mass is 225 g/mol. The van der Waals surface area contributed by atoms with Gasteiger partial charge in [-0.15, -0.1) is 0 Å². The number of rotatable bonds is 6. The lowest BCUT2D eigenvalue weighted by Gasteiger charge is -2.23. The van der Waals surface area contributed by atoms with Crippen molar-refractivity contribution in [2.45, 2.75) is 33.1 Å². The maximum atomic E-state index is 11.5. The van der Waals surface area contributed by atoms with Crippen molar-refractivity contribution in [3.05, 3.63) is 12.3 Å². The van der Waals surface area contributed by atoms with E-state index in [1.54, 1.807) is 6.07 Å². The summed E-state index contributed by atoms with van der Waals surface area (Å²) in [5.41, 5.74) is 5.61. The molecular weight excluding hydrogens is 206 g/mol. The van der Waals surface area contributed by atoms with Crippen LogP contribution < -0.4 is 11.1 Å². The number of hydrogen-bond donors (Lipinski definition) is 2. The van der Waals surface area contributed by atoms with Crippen molar-refractivity contribution >= 4 is 11.7 Å². The first kappa shape index (κ1) is 12.7. The average molecular weight is 225 g/mol. The van der Waals surface area contributed by atoms with E-state index in [1.165, 1.54) is 6.26 Å². The topological polar surface area (TPSA) is 81.2 Å². The molecular formula is C11H19N3O2. The summed E-state index contributed by atoms with van der Waals surface area (Å²) in [6.45, 7) is 4.88. The average Bonchev–Trinajstić information content (AvgIpc) is 2.68. The number of aromatic nitrogens is 1. The molecule has 1 heterocycles. The van der Waals surface area contributed by atoms with Crippen LogP contribution in [0.5, 0.6) is 0 Å². The highest BCUT2D eigenvalue weighted by Gasteiger charge is 2.18. The molecule has 0 aliphatic heterocycles. The third-order valence-electron chi connectivity index (χ3n) is 2.56. The minimum absolute atomic E-state index is 0.0426. The number of carbonyl (C=O) groups is 1. The standard InChI is InChI=1S/C11H19N3O2/c1-11(2,6-7-12)5-3-10(15)13-9-4-8-16-14-9/h4,8H,3,5-7,12H2,1-2H3,(H,13,14,15). The van der Waals surface area contributed by atoms with Crippen molar-refractivity contribution in [3.8, 4) is 0 Å². The number of nitrogens with one attached hydrogen (secondary N) is 1. The van der Waals surface area contributed by atoms with E-state index in [0.717, 1.165) is 12.8 Å². The van der Waals surface area contributed by atoms with Gasteiger partial charge in [0.25, 0.3) is 0 Å². The van der Waals surface area contributed by atoms with E-state index in [4.69, 9.17) is 5.73 Å². The van der Waals surface area contributed by atoms with E-state index in [9.17, 15) is 4.79 Å². The second-order valence-electron chi connectivity index (χ2n) is 4.64. The third-order valence-corrected chi connectivity index (χ3v) is 2.56.